The summed E-state index contributed by atoms with van der Waals surface area (Å²) < 4.78 is 5.27. The molecule has 3 rings (SSSR count). The highest BCUT2D eigenvalue weighted by atomic mass is 127. The minimum Gasteiger partial charge on any atom is -0.497 e. The summed E-state index contributed by atoms with van der Waals surface area (Å²) in [5.41, 5.74) is 4.27. The number of guanidine groups is 1. The van der Waals surface area contributed by atoms with Gasteiger partial charge in [0.2, 0.25) is 0 Å². The van der Waals surface area contributed by atoms with Gasteiger partial charge in [-0.1, -0.05) is 36.4 Å². The molecule has 0 atom stereocenters. The largest absolute Gasteiger partial charge is 0.497 e. The van der Waals surface area contributed by atoms with Crippen molar-refractivity contribution in [2.45, 2.75) is 31.7 Å². The summed E-state index contributed by atoms with van der Waals surface area (Å²) in [6.45, 7) is 3.83. The average Bonchev–Trinajstić information content (AvgIpc) is 3.43. The van der Waals surface area contributed by atoms with Crippen molar-refractivity contribution in [1.82, 2.24) is 10.6 Å². The summed E-state index contributed by atoms with van der Waals surface area (Å²) in [7, 11) is 3.50. The van der Waals surface area contributed by atoms with E-state index in [-0.39, 0.29) is 29.4 Å². The molecule has 1 fully saturated rings. The van der Waals surface area contributed by atoms with Gasteiger partial charge in [-0.25, -0.2) is 0 Å². The number of hydrogen-bond donors (Lipinski definition) is 2. The van der Waals surface area contributed by atoms with E-state index in [2.05, 4.69) is 52.9 Å². The number of methoxy groups -OCH3 is 1. The lowest BCUT2D eigenvalue weighted by Gasteiger charge is -2.21. The maximum absolute atomic E-state index is 5.27. The molecule has 2 aromatic rings. The number of aliphatic imine (C=N–C) groups is 1. The number of rotatable bonds is 6. The van der Waals surface area contributed by atoms with Gasteiger partial charge in [-0.15, -0.1) is 24.0 Å². The third-order valence-electron chi connectivity index (χ3n) is 4.98. The van der Waals surface area contributed by atoms with Gasteiger partial charge in [0.05, 0.1) is 7.11 Å². The first-order valence-corrected chi connectivity index (χ1v) is 8.80. The third kappa shape index (κ3) is 4.90. The van der Waals surface area contributed by atoms with Gasteiger partial charge in [-0.2, -0.15) is 0 Å². The minimum absolute atomic E-state index is 0. The molecule has 1 aliphatic carbocycles. The molecule has 4 nitrogen and oxygen atoms in total. The number of hydrogen-bond acceptors (Lipinski definition) is 2. The second-order valence-corrected chi connectivity index (χ2v) is 6.73. The Kier molecular flexibility index (Phi) is 7.32. The van der Waals surface area contributed by atoms with E-state index in [1.54, 1.807) is 7.11 Å². The zero-order chi connectivity index (χ0) is 17.7. The fourth-order valence-electron chi connectivity index (χ4n) is 3.30. The van der Waals surface area contributed by atoms with Crippen LogP contribution >= 0.6 is 24.0 Å². The van der Waals surface area contributed by atoms with Crippen molar-refractivity contribution in [2.75, 3.05) is 20.7 Å². The van der Waals surface area contributed by atoms with E-state index in [0.717, 1.165) is 18.3 Å². The van der Waals surface area contributed by atoms with Gasteiger partial charge in [0, 0.05) is 25.6 Å². The summed E-state index contributed by atoms with van der Waals surface area (Å²) in [6, 6.07) is 16.8. The van der Waals surface area contributed by atoms with E-state index in [1.807, 2.05) is 25.2 Å². The summed E-state index contributed by atoms with van der Waals surface area (Å²) >= 11 is 0. The molecule has 2 N–H and O–H groups in total. The zero-order valence-electron chi connectivity index (χ0n) is 15.7. The number of halogens is 1. The van der Waals surface area contributed by atoms with Crippen molar-refractivity contribution in [3.05, 3.63) is 65.2 Å². The number of ether oxygens (including phenoxy) is 1. The summed E-state index contributed by atoms with van der Waals surface area (Å²) in [5.74, 6) is 1.71. The van der Waals surface area contributed by atoms with Crippen LogP contribution in [-0.2, 0) is 12.0 Å². The van der Waals surface area contributed by atoms with Crippen LogP contribution in [-0.4, -0.2) is 26.7 Å². The Balaban J connectivity index is 0.00000243. The fraction of sp³-hybridized carbons (Fsp3) is 0.381. The molecule has 0 spiro atoms. The molecule has 2 aromatic carbocycles. The van der Waals surface area contributed by atoms with Crippen LogP contribution in [0.5, 0.6) is 5.75 Å². The number of nitrogens with zero attached hydrogens (tertiary/aromatic N) is 1. The quantitative estimate of drug-likeness (QED) is 0.385. The van der Waals surface area contributed by atoms with Crippen molar-refractivity contribution in [1.29, 1.82) is 0 Å². The van der Waals surface area contributed by atoms with Crippen LogP contribution in [0, 0.1) is 6.92 Å². The van der Waals surface area contributed by atoms with Crippen molar-refractivity contribution < 1.29 is 4.74 Å². The van der Waals surface area contributed by atoms with Crippen LogP contribution in [0.15, 0.2) is 53.5 Å². The molecule has 0 bridgehead atoms. The van der Waals surface area contributed by atoms with E-state index < -0.39 is 0 Å². The average molecular weight is 465 g/mol. The van der Waals surface area contributed by atoms with Crippen LogP contribution in [0.3, 0.4) is 0 Å². The molecule has 0 unspecified atom stereocenters. The Hall–Kier alpha value is -1.76. The van der Waals surface area contributed by atoms with Crippen LogP contribution in [0.4, 0.5) is 0 Å². The predicted octanol–water partition coefficient (Wildman–Crippen LogP) is 4.02. The first kappa shape index (κ1) is 20.6. The van der Waals surface area contributed by atoms with Gasteiger partial charge in [-0.3, -0.25) is 4.99 Å². The Morgan fingerprint density at radius 1 is 1.12 bits per heavy atom. The van der Waals surface area contributed by atoms with Gasteiger partial charge in [0.15, 0.2) is 5.96 Å². The Morgan fingerprint density at radius 3 is 2.54 bits per heavy atom. The topological polar surface area (TPSA) is 45.7 Å². The van der Waals surface area contributed by atoms with Crippen LogP contribution < -0.4 is 15.4 Å². The standard InChI is InChI=1S/C21H27N3O.HI/c1-16-7-4-5-10-19(16)21(11-12-21)15-24-20(22-2)23-14-17-8-6-9-18(13-17)25-3;/h4-10,13H,11-12,14-15H2,1-3H3,(H2,22,23,24);1H. The second-order valence-electron chi connectivity index (χ2n) is 6.73. The highest BCUT2D eigenvalue weighted by Gasteiger charge is 2.44. The molecule has 1 aliphatic rings. The lowest BCUT2D eigenvalue weighted by molar-refractivity contribution is 0.414. The lowest BCUT2D eigenvalue weighted by Crippen LogP contribution is -2.41. The smallest absolute Gasteiger partial charge is 0.191 e. The summed E-state index contributed by atoms with van der Waals surface area (Å²) in [6.07, 6.45) is 2.47. The highest BCUT2D eigenvalue weighted by molar-refractivity contribution is 14.0. The number of benzene rings is 2. The van der Waals surface area contributed by atoms with E-state index in [1.165, 1.54) is 29.5 Å². The Morgan fingerprint density at radius 2 is 1.88 bits per heavy atom. The van der Waals surface area contributed by atoms with Crippen molar-refractivity contribution in [3.63, 3.8) is 0 Å². The number of aryl methyl sites for hydroxylation is 1. The molecule has 1 saturated carbocycles. The SMILES string of the molecule is CN=C(NCc1cccc(OC)c1)NCC1(c2ccccc2C)CC1.I. The molecule has 0 aliphatic heterocycles. The third-order valence-corrected chi connectivity index (χ3v) is 4.98. The first-order chi connectivity index (χ1) is 12.2. The van der Waals surface area contributed by atoms with Crippen LogP contribution in [0.2, 0.25) is 0 Å². The molecule has 0 aromatic heterocycles. The molecule has 140 valence electrons. The van der Waals surface area contributed by atoms with Gasteiger partial charge >= 0.3 is 0 Å². The molecule has 26 heavy (non-hydrogen) atoms. The van der Waals surface area contributed by atoms with Crippen molar-refractivity contribution in [2.24, 2.45) is 4.99 Å². The molecule has 5 heteroatoms. The summed E-state index contributed by atoms with van der Waals surface area (Å²) in [4.78, 5) is 4.36. The molecule has 0 amide bonds. The van der Waals surface area contributed by atoms with E-state index >= 15 is 0 Å². The predicted molar refractivity (Wildman–Crippen MR) is 119 cm³/mol. The van der Waals surface area contributed by atoms with Crippen LogP contribution in [0.1, 0.15) is 29.5 Å². The molecular formula is C21H28IN3O. The van der Waals surface area contributed by atoms with E-state index in [4.69, 9.17) is 4.74 Å². The Bertz CT molecular complexity index is 756. The normalized spacial score (nSPS) is 15.0. The maximum atomic E-state index is 5.27. The monoisotopic (exact) mass is 465 g/mol. The van der Waals surface area contributed by atoms with E-state index in [9.17, 15) is 0 Å². The molecule has 0 radical (unpaired) electrons. The van der Waals surface area contributed by atoms with Gasteiger partial charge in [0.1, 0.15) is 5.75 Å². The Labute approximate surface area is 173 Å². The van der Waals surface area contributed by atoms with Gasteiger partial charge in [0.25, 0.3) is 0 Å². The molecular weight excluding hydrogens is 437 g/mol. The first-order valence-electron chi connectivity index (χ1n) is 8.80. The minimum atomic E-state index is 0. The fourth-order valence-corrected chi connectivity index (χ4v) is 3.30. The highest BCUT2D eigenvalue weighted by Crippen LogP contribution is 2.48. The lowest BCUT2D eigenvalue weighted by atomic mass is 9.92. The second kappa shape index (κ2) is 9.26. The van der Waals surface area contributed by atoms with Crippen molar-refractivity contribution in [3.8, 4) is 5.75 Å². The zero-order valence-corrected chi connectivity index (χ0v) is 18.0. The molecule has 0 saturated heterocycles. The van der Waals surface area contributed by atoms with Gasteiger partial charge in [-0.05, 0) is 48.6 Å². The van der Waals surface area contributed by atoms with E-state index in [0.29, 0.717) is 6.54 Å². The maximum Gasteiger partial charge on any atom is 0.191 e. The molecule has 0 heterocycles. The van der Waals surface area contributed by atoms with Gasteiger partial charge < -0.3 is 15.4 Å². The van der Waals surface area contributed by atoms with Crippen molar-refractivity contribution >= 4 is 29.9 Å². The summed E-state index contributed by atoms with van der Waals surface area (Å²) in [5, 5.41) is 6.89. The number of nitrogens with one attached hydrogen (secondary N) is 2. The van der Waals surface area contributed by atoms with Crippen LogP contribution in [0.25, 0.3) is 0 Å².